The first kappa shape index (κ1) is 24.7. The number of carbonyl (C=O) groups is 2. The molecule has 0 fully saturated rings. The summed E-state index contributed by atoms with van der Waals surface area (Å²) in [5.74, 6) is 1.87. The first-order valence-electron chi connectivity index (χ1n) is 11.2. The zero-order chi connectivity index (χ0) is 25.8. The Balaban J connectivity index is 1.83. The van der Waals surface area contributed by atoms with Crippen molar-refractivity contribution in [3.8, 4) is 28.7 Å². The van der Waals surface area contributed by atoms with E-state index >= 15 is 0 Å². The van der Waals surface area contributed by atoms with Gasteiger partial charge in [0, 0.05) is 5.56 Å². The van der Waals surface area contributed by atoms with Crippen molar-refractivity contribution in [3.05, 3.63) is 76.9 Å². The van der Waals surface area contributed by atoms with Crippen molar-refractivity contribution >= 4 is 11.8 Å². The predicted molar refractivity (Wildman–Crippen MR) is 132 cm³/mol. The number of nitrogens with one attached hydrogen (secondary N) is 1. The molecule has 0 spiro atoms. The van der Waals surface area contributed by atoms with Gasteiger partial charge in [0.15, 0.2) is 23.0 Å². The van der Waals surface area contributed by atoms with E-state index < -0.39 is 11.9 Å². The molecular formula is C27H28N2O7. The van der Waals surface area contributed by atoms with E-state index in [1.807, 2.05) is 12.1 Å². The molecule has 0 saturated carbocycles. The van der Waals surface area contributed by atoms with Crippen LogP contribution in [0.2, 0.25) is 0 Å². The molecule has 1 aliphatic rings. The van der Waals surface area contributed by atoms with E-state index in [9.17, 15) is 9.59 Å². The van der Waals surface area contributed by atoms with Gasteiger partial charge in [-0.25, -0.2) is 5.01 Å². The Morgan fingerprint density at radius 1 is 0.806 bits per heavy atom. The summed E-state index contributed by atoms with van der Waals surface area (Å²) in [5.41, 5.74) is 5.42. The van der Waals surface area contributed by atoms with Crippen LogP contribution in [-0.2, 0) is 11.2 Å². The highest BCUT2D eigenvalue weighted by Gasteiger charge is 2.37. The summed E-state index contributed by atoms with van der Waals surface area (Å²) in [6.07, 6.45) is 0.0673. The average Bonchev–Trinajstić information content (AvgIpc) is 2.92. The van der Waals surface area contributed by atoms with Gasteiger partial charge in [-0.3, -0.25) is 15.0 Å². The van der Waals surface area contributed by atoms with E-state index in [1.54, 1.807) is 63.8 Å². The highest BCUT2D eigenvalue weighted by Crippen LogP contribution is 2.42. The van der Waals surface area contributed by atoms with Gasteiger partial charge >= 0.3 is 0 Å². The molecule has 0 bridgehead atoms. The third kappa shape index (κ3) is 4.59. The molecule has 1 atom stereocenters. The Labute approximate surface area is 209 Å². The van der Waals surface area contributed by atoms with Crippen LogP contribution in [0.25, 0.3) is 0 Å². The first-order chi connectivity index (χ1) is 17.4. The number of benzene rings is 3. The number of rotatable bonds is 8. The highest BCUT2D eigenvalue weighted by molar-refractivity contribution is 5.96. The maximum absolute atomic E-state index is 13.4. The molecule has 9 heteroatoms. The quantitative estimate of drug-likeness (QED) is 0.514. The summed E-state index contributed by atoms with van der Waals surface area (Å²) in [6.45, 7) is 0. The van der Waals surface area contributed by atoms with Gasteiger partial charge in [0.1, 0.15) is 11.8 Å². The fourth-order valence-corrected chi connectivity index (χ4v) is 4.29. The fourth-order valence-electron chi connectivity index (χ4n) is 4.29. The number of hydrazine groups is 1. The number of amides is 2. The molecule has 3 aromatic rings. The van der Waals surface area contributed by atoms with Crippen LogP contribution in [-0.4, -0.2) is 52.4 Å². The van der Waals surface area contributed by atoms with E-state index in [4.69, 9.17) is 23.7 Å². The second-order valence-electron chi connectivity index (χ2n) is 8.04. The summed E-state index contributed by atoms with van der Waals surface area (Å²) in [6, 6.07) is 15.0. The lowest BCUT2D eigenvalue weighted by molar-refractivity contribution is -0.136. The molecule has 0 aliphatic carbocycles. The Bertz CT molecular complexity index is 1290. The largest absolute Gasteiger partial charge is 0.497 e. The summed E-state index contributed by atoms with van der Waals surface area (Å²) in [5, 5.41) is 1.34. The van der Waals surface area contributed by atoms with Crippen LogP contribution in [0.3, 0.4) is 0 Å². The molecule has 1 aliphatic heterocycles. The monoisotopic (exact) mass is 492 g/mol. The molecule has 4 rings (SSSR count). The van der Waals surface area contributed by atoms with Crippen molar-refractivity contribution in [2.45, 2.75) is 12.5 Å². The highest BCUT2D eigenvalue weighted by atomic mass is 16.5. The van der Waals surface area contributed by atoms with Crippen LogP contribution in [0.15, 0.2) is 54.6 Å². The normalized spacial score (nSPS) is 14.5. The average molecular weight is 493 g/mol. The molecule has 188 valence electrons. The second kappa shape index (κ2) is 10.5. The van der Waals surface area contributed by atoms with Gasteiger partial charge in [-0.1, -0.05) is 12.1 Å². The van der Waals surface area contributed by atoms with Crippen LogP contribution in [0.4, 0.5) is 0 Å². The molecule has 3 aromatic carbocycles. The van der Waals surface area contributed by atoms with Crippen molar-refractivity contribution < 1.29 is 33.3 Å². The first-order valence-corrected chi connectivity index (χ1v) is 11.2. The smallest absolute Gasteiger partial charge is 0.270 e. The SMILES string of the molecule is COc1cccc(C(=O)NN2C(=O)Cc3cc(OC)c(OC)cc3[C@@H]2c2ccc(OC)c(OC)c2)c1. The minimum atomic E-state index is -0.671. The van der Waals surface area contributed by atoms with Crippen molar-refractivity contribution in [1.82, 2.24) is 10.4 Å². The van der Waals surface area contributed by atoms with Crippen LogP contribution in [0.1, 0.15) is 33.1 Å². The summed E-state index contributed by atoms with van der Waals surface area (Å²) >= 11 is 0. The Morgan fingerprint density at radius 2 is 1.47 bits per heavy atom. The lowest BCUT2D eigenvalue weighted by Crippen LogP contribution is -2.51. The van der Waals surface area contributed by atoms with Gasteiger partial charge in [-0.15, -0.1) is 0 Å². The van der Waals surface area contributed by atoms with Gasteiger partial charge in [0.2, 0.25) is 5.91 Å². The second-order valence-corrected chi connectivity index (χ2v) is 8.04. The molecule has 1 heterocycles. The zero-order valence-electron chi connectivity index (χ0n) is 20.8. The van der Waals surface area contributed by atoms with Crippen molar-refractivity contribution in [1.29, 1.82) is 0 Å². The Hall–Kier alpha value is -4.40. The van der Waals surface area contributed by atoms with Crippen molar-refractivity contribution in [2.24, 2.45) is 0 Å². The van der Waals surface area contributed by atoms with Gasteiger partial charge < -0.3 is 23.7 Å². The van der Waals surface area contributed by atoms with Gasteiger partial charge in [0.25, 0.3) is 5.91 Å². The molecule has 9 nitrogen and oxygen atoms in total. The van der Waals surface area contributed by atoms with E-state index in [0.29, 0.717) is 39.9 Å². The molecule has 0 radical (unpaired) electrons. The third-order valence-corrected chi connectivity index (χ3v) is 6.09. The molecule has 0 unspecified atom stereocenters. The summed E-state index contributed by atoms with van der Waals surface area (Å²) in [4.78, 5) is 26.6. The molecular weight excluding hydrogens is 464 g/mol. The fraction of sp³-hybridized carbons (Fsp3) is 0.259. The predicted octanol–water partition coefficient (Wildman–Crippen LogP) is 3.55. The number of methoxy groups -OCH3 is 5. The summed E-state index contributed by atoms with van der Waals surface area (Å²) in [7, 11) is 7.71. The minimum Gasteiger partial charge on any atom is -0.497 e. The number of nitrogens with zero attached hydrogens (tertiary/aromatic N) is 1. The van der Waals surface area contributed by atoms with Crippen LogP contribution < -0.4 is 29.1 Å². The lowest BCUT2D eigenvalue weighted by Gasteiger charge is -2.37. The third-order valence-electron chi connectivity index (χ3n) is 6.09. The lowest BCUT2D eigenvalue weighted by atomic mass is 9.88. The van der Waals surface area contributed by atoms with Crippen LogP contribution >= 0.6 is 0 Å². The number of ether oxygens (including phenoxy) is 5. The standard InChI is InChI=1S/C27H28N2O7/c1-32-19-8-6-7-17(11-19)27(31)28-29-25(30)14-18-13-23(35-4)24(36-5)15-20(18)26(29)16-9-10-21(33-2)22(12-16)34-3/h6-13,15,26H,14H2,1-5H3,(H,28,31)/t26-/m0/s1. The van der Waals surface area contributed by atoms with E-state index in [-0.39, 0.29) is 12.3 Å². The van der Waals surface area contributed by atoms with Gasteiger partial charge in [0.05, 0.1) is 42.0 Å². The molecule has 36 heavy (non-hydrogen) atoms. The van der Waals surface area contributed by atoms with E-state index in [2.05, 4.69) is 5.43 Å². The van der Waals surface area contributed by atoms with Crippen molar-refractivity contribution in [3.63, 3.8) is 0 Å². The maximum atomic E-state index is 13.4. The van der Waals surface area contributed by atoms with Gasteiger partial charge in [-0.2, -0.15) is 0 Å². The Morgan fingerprint density at radius 3 is 2.14 bits per heavy atom. The topological polar surface area (TPSA) is 95.6 Å². The zero-order valence-corrected chi connectivity index (χ0v) is 20.8. The number of hydrogen-bond acceptors (Lipinski definition) is 7. The molecule has 0 saturated heterocycles. The molecule has 1 N–H and O–H groups in total. The Kier molecular flexibility index (Phi) is 7.19. The number of fused-ring (bicyclic) bond motifs is 1. The van der Waals surface area contributed by atoms with E-state index in [0.717, 1.165) is 11.1 Å². The minimum absolute atomic E-state index is 0.0673. The van der Waals surface area contributed by atoms with Crippen LogP contribution in [0.5, 0.6) is 28.7 Å². The molecule has 0 aromatic heterocycles. The van der Waals surface area contributed by atoms with Crippen molar-refractivity contribution in [2.75, 3.05) is 35.5 Å². The van der Waals surface area contributed by atoms with Gasteiger partial charge in [-0.05, 0) is 59.2 Å². The number of hydrogen-bond donors (Lipinski definition) is 1. The van der Waals surface area contributed by atoms with E-state index in [1.165, 1.54) is 19.2 Å². The summed E-state index contributed by atoms with van der Waals surface area (Å²) < 4.78 is 27.1. The van der Waals surface area contributed by atoms with Crippen LogP contribution in [0, 0.1) is 0 Å². The molecule has 2 amide bonds. The maximum Gasteiger partial charge on any atom is 0.270 e. The number of carbonyl (C=O) groups excluding carboxylic acids is 2.